The van der Waals surface area contributed by atoms with Crippen LogP contribution in [0.25, 0.3) is 0 Å². The Morgan fingerprint density at radius 2 is 1.69 bits per heavy atom. The molecule has 1 aliphatic rings. The topological polar surface area (TPSA) is 158 Å². The Morgan fingerprint density at radius 3 is 2.12 bits per heavy atom. The molecule has 1 radical (unpaired) electrons. The number of hydrogen-bond donors (Lipinski definition) is 2. The van der Waals surface area contributed by atoms with Crippen LogP contribution in [0.5, 0.6) is 11.8 Å². The van der Waals surface area contributed by atoms with E-state index in [-0.39, 0.29) is 41.3 Å². The van der Waals surface area contributed by atoms with E-state index in [0.29, 0.717) is 6.21 Å². The number of sulfonamides is 1. The van der Waals surface area contributed by atoms with E-state index >= 15 is 0 Å². The van der Waals surface area contributed by atoms with Gasteiger partial charge in [0.25, 0.3) is 10.0 Å². The third kappa shape index (κ3) is 6.20. The molecule has 1 aromatic rings. The Bertz CT molecular complexity index is 1080. The van der Waals surface area contributed by atoms with Gasteiger partial charge in [0, 0.05) is 35.8 Å². The quantitative estimate of drug-likeness (QED) is 0.427. The molecule has 0 saturated heterocycles. The van der Waals surface area contributed by atoms with E-state index in [4.69, 9.17) is 9.47 Å². The maximum absolute atomic E-state index is 13.4. The average molecular weight is 488 g/mol. The number of halogens is 3. The molecule has 17 heteroatoms. The van der Waals surface area contributed by atoms with Crippen LogP contribution in [0.15, 0.2) is 27.4 Å². The zero-order chi connectivity index (χ0) is 23.4. The number of allylic oxidation sites excluding steroid dienone is 1. The number of anilines is 1. The molecule has 2 amide bonds. The van der Waals surface area contributed by atoms with Crippen molar-refractivity contribution in [2.24, 2.45) is 10.9 Å². The minimum Gasteiger partial charge on any atom is -0.497 e. The molecule has 12 nitrogen and oxygen atoms in total. The molecule has 0 aliphatic carbocycles. The summed E-state index contributed by atoms with van der Waals surface area (Å²) in [7, 11) is -1.72. The number of carbonyl (C=O) groups is 1. The van der Waals surface area contributed by atoms with E-state index in [9.17, 15) is 31.2 Å². The van der Waals surface area contributed by atoms with Gasteiger partial charge in [0.2, 0.25) is 22.7 Å². The third-order valence-corrected chi connectivity index (χ3v) is 4.84. The number of urea groups is 1. The van der Waals surface area contributed by atoms with Crippen molar-refractivity contribution in [3.63, 3.8) is 0 Å². The first-order valence-electron chi connectivity index (χ1n) is 7.91. The van der Waals surface area contributed by atoms with Crippen LogP contribution in [0.1, 0.15) is 0 Å². The van der Waals surface area contributed by atoms with Gasteiger partial charge < -0.3 is 14.2 Å². The van der Waals surface area contributed by atoms with Gasteiger partial charge >= 0.3 is 12.2 Å². The molecule has 1 aliphatic heterocycles. The third-order valence-electron chi connectivity index (χ3n) is 3.57. The summed E-state index contributed by atoms with van der Waals surface area (Å²) in [6.07, 6.45) is -4.73. The number of methoxy groups -OCH3 is 3. The second-order valence-electron chi connectivity index (χ2n) is 5.50. The van der Waals surface area contributed by atoms with Crippen molar-refractivity contribution >= 4 is 63.7 Å². The van der Waals surface area contributed by atoms with Crippen LogP contribution in [0, 0.1) is 5.92 Å². The summed E-state index contributed by atoms with van der Waals surface area (Å²) in [6, 6.07) is -0.171. The Balaban J connectivity index is 0.00000512. The summed E-state index contributed by atoms with van der Waals surface area (Å²) < 4.78 is 80.8. The summed E-state index contributed by atoms with van der Waals surface area (Å²) in [5.74, 6) is -3.42. The van der Waals surface area contributed by atoms with Gasteiger partial charge in [0.05, 0.1) is 33.0 Å². The van der Waals surface area contributed by atoms with Crippen LogP contribution in [0.4, 0.5) is 23.9 Å². The molecule has 2 rings (SSSR count). The number of rotatable bonds is 6. The molecule has 0 aromatic carbocycles. The minimum absolute atomic E-state index is 0. The predicted octanol–water partition coefficient (Wildman–Crippen LogP) is 0.401. The number of aliphatic imine (C=N–C) groups is 1. The zero-order valence-electron chi connectivity index (χ0n) is 17.0. The Labute approximate surface area is 201 Å². The first-order valence-corrected chi connectivity index (χ1v) is 9.40. The molecule has 169 valence electrons. The molecule has 1 aromatic heterocycles. The smallest absolute Gasteiger partial charge is 0.403 e. The van der Waals surface area contributed by atoms with Crippen LogP contribution in [-0.2, 0) is 19.6 Å². The van der Waals surface area contributed by atoms with Crippen molar-refractivity contribution in [1.82, 2.24) is 14.7 Å². The van der Waals surface area contributed by atoms with Gasteiger partial charge in [-0.05, 0) is 0 Å². The number of alkyl halides is 3. The SMILES string of the molecule is COC1=C(S(=O)(=O)NC(=O)Nc2nc(OC)cc(OC)n2)N=CC(=C=O)C1C(F)(F)F.[Na]. The monoisotopic (exact) mass is 488 g/mol. The molecule has 0 bridgehead atoms. The number of nitrogens with one attached hydrogen (secondary N) is 2. The van der Waals surface area contributed by atoms with E-state index in [2.05, 4.69) is 19.7 Å². The van der Waals surface area contributed by atoms with Gasteiger partial charge in [-0.1, -0.05) is 0 Å². The molecule has 0 spiro atoms. The van der Waals surface area contributed by atoms with Crippen molar-refractivity contribution in [3.05, 3.63) is 22.4 Å². The first kappa shape index (κ1) is 27.4. The number of hydrogen-bond acceptors (Lipinski definition) is 10. The predicted molar refractivity (Wildman–Crippen MR) is 103 cm³/mol. The number of nitrogens with zero attached hydrogens (tertiary/aromatic N) is 3. The van der Waals surface area contributed by atoms with Gasteiger partial charge in [-0.15, -0.1) is 0 Å². The van der Waals surface area contributed by atoms with E-state index in [1.807, 2.05) is 5.32 Å². The van der Waals surface area contributed by atoms with E-state index in [1.165, 1.54) is 25.0 Å². The molecule has 1 unspecified atom stereocenters. The van der Waals surface area contributed by atoms with Crippen molar-refractivity contribution < 1.29 is 45.4 Å². The maximum Gasteiger partial charge on any atom is 0.403 e. The van der Waals surface area contributed by atoms with Crippen LogP contribution in [-0.4, -0.2) is 93.6 Å². The number of aromatic nitrogens is 2. The van der Waals surface area contributed by atoms with Gasteiger partial charge in [0.1, 0.15) is 5.94 Å². The Hall–Kier alpha value is -2.65. The summed E-state index contributed by atoms with van der Waals surface area (Å²) in [5.41, 5.74) is -0.996. The average Bonchev–Trinajstić information content (AvgIpc) is 2.70. The van der Waals surface area contributed by atoms with Crippen LogP contribution in [0.2, 0.25) is 0 Å². The van der Waals surface area contributed by atoms with Crippen LogP contribution in [0.3, 0.4) is 0 Å². The fourth-order valence-electron chi connectivity index (χ4n) is 2.31. The van der Waals surface area contributed by atoms with Crippen LogP contribution < -0.4 is 19.5 Å². The van der Waals surface area contributed by atoms with Gasteiger partial charge in [-0.3, -0.25) is 5.32 Å². The molecule has 0 fully saturated rings. The number of carbonyl (C=O) groups excluding carboxylic acids is 2. The molecular weight excluding hydrogens is 474 g/mol. The largest absolute Gasteiger partial charge is 0.497 e. The van der Waals surface area contributed by atoms with Crippen molar-refractivity contribution in [2.75, 3.05) is 26.6 Å². The zero-order valence-corrected chi connectivity index (χ0v) is 19.8. The Morgan fingerprint density at radius 1 is 1.12 bits per heavy atom. The normalized spacial score (nSPS) is 15.9. The number of amides is 2. The molecule has 2 heterocycles. The van der Waals surface area contributed by atoms with Gasteiger partial charge in [-0.25, -0.2) is 19.3 Å². The van der Waals surface area contributed by atoms with Crippen LogP contribution >= 0.6 is 0 Å². The minimum atomic E-state index is -5.10. The van der Waals surface area contributed by atoms with Crippen molar-refractivity contribution in [1.29, 1.82) is 0 Å². The summed E-state index contributed by atoms with van der Waals surface area (Å²) in [6.45, 7) is 0. The van der Waals surface area contributed by atoms with Gasteiger partial charge in [0.15, 0.2) is 11.7 Å². The summed E-state index contributed by atoms with van der Waals surface area (Å²) in [5, 5.41) is 0.710. The second kappa shape index (κ2) is 10.8. The molecule has 1 atom stereocenters. The second-order valence-corrected chi connectivity index (χ2v) is 7.10. The first-order chi connectivity index (χ1) is 14.5. The van der Waals surface area contributed by atoms with E-state index in [1.54, 1.807) is 0 Å². The molecular formula is C15H14F3N5NaO7S. The van der Waals surface area contributed by atoms with Crippen molar-refractivity contribution in [2.45, 2.75) is 6.18 Å². The van der Waals surface area contributed by atoms with Gasteiger partial charge in [-0.2, -0.15) is 31.6 Å². The van der Waals surface area contributed by atoms with Crippen molar-refractivity contribution in [3.8, 4) is 11.8 Å². The standard InChI is InChI=1S/C15H14F3N5O7S.Na/c1-28-8-4-9(29-2)21-13(20-8)22-14(25)23-31(26,27)12-11(30-3)10(15(16,17)18)7(6-24)5-19-12;/h4-5,10H,1-3H3,(H2,20,21,22,23,25);. The molecule has 2 N–H and O–H groups in total. The number of ether oxygens (including phenoxy) is 3. The summed E-state index contributed by atoms with van der Waals surface area (Å²) in [4.78, 5) is 33.7. The fraction of sp³-hybridized carbons (Fsp3) is 0.333. The molecule has 32 heavy (non-hydrogen) atoms. The fourth-order valence-corrected chi connectivity index (χ4v) is 3.36. The summed E-state index contributed by atoms with van der Waals surface area (Å²) >= 11 is 0. The van der Waals surface area contributed by atoms with E-state index < -0.39 is 50.5 Å². The maximum atomic E-state index is 13.4. The Kier molecular flexibility index (Phi) is 9.23. The molecule has 0 saturated carbocycles. The van der Waals surface area contributed by atoms with E-state index in [0.717, 1.165) is 13.1 Å².